The number of fused-ring (bicyclic) bond motifs is 10. The van der Waals surface area contributed by atoms with Crippen molar-refractivity contribution in [2.75, 3.05) is 0 Å². The van der Waals surface area contributed by atoms with E-state index in [4.69, 9.17) is 9.97 Å². The summed E-state index contributed by atoms with van der Waals surface area (Å²) in [5.74, 6) is 0. The third-order valence-corrected chi connectivity index (χ3v) is 20.3. The molecule has 0 fully saturated rings. The van der Waals surface area contributed by atoms with Crippen LogP contribution in [0.3, 0.4) is 0 Å². The molecule has 0 aliphatic rings. The molecule has 0 unspecified atom stereocenters. The standard InChI is InChI=1S/C49H32N4.C38H25N3.C10H7BrN2/c1-3-10-35(11-4-1)47-44-23-21-41-39-16-8-17-42(46-19-9-18-45(52-46)34-26-30-51-31-27-34)40(39)20-22-43(41)49(44)53(48(47)36-12-5-2-6-13-36)38-15-7-14-37(32-38)33-24-28-50-29-25-33;1-3-9-26(10-4-1)36-33-20-18-30-28-13-7-14-31(35-16-8-15-34(40-35)25-21-23-39-24-22-25)29(28)17-19-32(30)38(33)41-37(36)27-11-5-2-6-12-27;11-10-3-1-2-9(13-10)8-4-6-12-7-5-8/h1-32H;1-24,41H;1-7H. The van der Waals surface area contributed by atoms with Crippen LogP contribution in [-0.2, 0) is 0 Å². The highest BCUT2D eigenvalue weighted by atomic mass is 79.9. The Bertz CT molecular complexity index is 6600. The molecule has 20 rings (SSSR count). The Morgan fingerprint density at radius 2 is 0.626 bits per heavy atom. The quantitative estimate of drug-likeness (QED) is 0.101. The van der Waals surface area contributed by atoms with Crippen LogP contribution in [0.2, 0.25) is 0 Å². The fourth-order valence-electron chi connectivity index (χ4n) is 15.0. The molecule has 0 radical (unpaired) electrons. The molecule has 107 heavy (non-hydrogen) atoms. The van der Waals surface area contributed by atoms with E-state index in [1.165, 1.54) is 87.2 Å². The summed E-state index contributed by atoms with van der Waals surface area (Å²) in [5, 5.41) is 12.0. The van der Waals surface area contributed by atoms with Crippen LogP contribution in [0.4, 0.5) is 0 Å². The van der Waals surface area contributed by atoms with Crippen LogP contribution >= 0.6 is 15.9 Å². The molecule has 0 bridgehead atoms. The third-order valence-electron chi connectivity index (χ3n) is 19.9. The van der Waals surface area contributed by atoms with Gasteiger partial charge in [0.1, 0.15) is 4.60 Å². The van der Waals surface area contributed by atoms with Crippen LogP contribution in [0.15, 0.2) is 388 Å². The van der Waals surface area contributed by atoms with Crippen molar-refractivity contribution >= 4 is 80.8 Å². The predicted octanol–water partition coefficient (Wildman–Crippen LogP) is 25.3. The van der Waals surface area contributed by atoms with E-state index in [1.54, 1.807) is 12.4 Å². The Labute approximate surface area is 626 Å². The first kappa shape index (κ1) is 65.1. The second-order valence-electron chi connectivity index (χ2n) is 26.1. The van der Waals surface area contributed by atoms with Crippen LogP contribution < -0.4 is 0 Å². The molecule has 9 heterocycles. The maximum Gasteiger partial charge on any atom is 0.106 e. The van der Waals surface area contributed by atoms with Gasteiger partial charge in [0.2, 0.25) is 0 Å². The fraction of sp³-hybridized carbons (Fsp3) is 0. The molecule has 0 atom stereocenters. The second kappa shape index (κ2) is 29.1. The van der Waals surface area contributed by atoms with Crippen molar-refractivity contribution in [2.45, 2.75) is 0 Å². The van der Waals surface area contributed by atoms with E-state index in [1.807, 2.05) is 91.8 Å². The molecular formula is C97H64BrN9. The zero-order chi connectivity index (χ0) is 71.4. The van der Waals surface area contributed by atoms with E-state index in [0.29, 0.717) is 0 Å². The minimum absolute atomic E-state index is 0.849. The van der Waals surface area contributed by atoms with Gasteiger partial charge in [-0.3, -0.25) is 19.9 Å². The van der Waals surface area contributed by atoms with Crippen molar-refractivity contribution in [3.05, 3.63) is 388 Å². The molecule has 0 aliphatic heterocycles. The Morgan fingerprint density at radius 3 is 1.16 bits per heavy atom. The molecule has 0 amide bonds. The molecule has 9 nitrogen and oxygen atoms in total. The highest BCUT2D eigenvalue weighted by Crippen LogP contribution is 2.48. The lowest BCUT2D eigenvalue weighted by molar-refractivity contribution is 1.14. The molecular weight excluding hydrogens is 1370 g/mol. The molecule has 11 aromatic carbocycles. The number of pyridine rings is 7. The van der Waals surface area contributed by atoms with E-state index in [9.17, 15) is 0 Å². The molecule has 0 spiro atoms. The van der Waals surface area contributed by atoms with Gasteiger partial charge in [-0.1, -0.05) is 237 Å². The third kappa shape index (κ3) is 12.7. The summed E-state index contributed by atoms with van der Waals surface area (Å²) in [6.45, 7) is 0. The number of benzene rings is 11. The number of hydrogen-bond acceptors (Lipinski definition) is 7. The zero-order valence-electron chi connectivity index (χ0n) is 57.8. The van der Waals surface area contributed by atoms with Crippen LogP contribution in [0.1, 0.15) is 0 Å². The van der Waals surface area contributed by atoms with Crippen molar-refractivity contribution in [2.24, 2.45) is 0 Å². The zero-order valence-corrected chi connectivity index (χ0v) is 59.4. The molecule has 9 aromatic heterocycles. The lowest BCUT2D eigenvalue weighted by atomic mass is 9.94. The van der Waals surface area contributed by atoms with Gasteiger partial charge in [0.05, 0.1) is 50.9 Å². The summed E-state index contributed by atoms with van der Waals surface area (Å²) in [5.41, 5.74) is 25.4. The SMILES string of the molecule is Brc1cccc(-c2ccncc2)n1.c1ccc(-c2[nH]c3c(ccc4c5cccc(-c6cccc(-c7ccncc7)n6)c5ccc43)c2-c2ccccc2)cc1.c1ccc(-c2c(-c3ccccc3)n(-c3cccc(-c4ccncc4)c3)c3c2ccc2c4cccc(-c5cccc(-c6ccncc6)n5)c4ccc23)cc1. The van der Waals surface area contributed by atoms with Gasteiger partial charge in [0, 0.05) is 116 Å². The van der Waals surface area contributed by atoms with Gasteiger partial charge >= 0.3 is 0 Å². The summed E-state index contributed by atoms with van der Waals surface area (Å²) >= 11 is 3.33. The molecule has 1 N–H and O–H groups in total. The Balaban J connectivity index is 0.000000132. The van der Waals surface area contributed by atoms with E-state index >= 15 is 0 Å². The number of rotatable bonds is 11. The lowest BCUT2D eigenvalue weighted by Gasteiger charge is -2.16. The summed E-state index contributed by atoms with van der Waals surface area (Å²) in [4.78, 5) is 34.9. The smallest absolute Gasteiger partial charge is 0.106 e. The van der Waals surface area contributed by atoms with Crippen LogP contribution in [-0.4, -0.2) is 44.4 Å². The Kier molecular flexibility index (Phi) is 17.7. The molecule has 0 aliphatic carbocycles. The molecule has 0 saturated heterocycles. The number of nitrogens with zero attached hydrogens (tertiary/aromatic N) is 8. The van der Waals surface area contributed by atoms with E-state index < -0.39 is 0 Å². The minimum atomic E-state index is 0.849. The van der Waals surface area contributed by atoms with E-state index in [0.717, 1.165) is 100 Å². The van der Waals surface area contributed by atoms with Crippen LogP contribution in [0.25, 0.3) is 183 Å². The lowest BCUT2D eigenvalue weighted by Crippen LogP contribution is -1.99. The number of halogens is 1. The van der Waals surface area contributed by atoms with Crippen LogP contribution in [0, 0.1) is 0 Å². The van der Waals surface area contributed by atoms with Crippen molar-refractivity contribution in [3.8, 4) is 118 Å². The van der Waals surface area contributed by atoms with Gasteiger partial charge in [0.25, 0.3) is 0 Å². The first-order valence-corrected chi connectivity index (χ1v) is 36.4. The predicted molar refractivity (Wildman–Crippen MR) is 445 cm³/mol. The molecule has 0 saturated carbocycles. The maximum atomic E-state index is 5.13. The normalized spacial score (nSPS) is 11.2. The number of H-pyrrole nitrogens is 1. The topological polar surface area (TPSA) is 111 Å². The minimum Gasteiger partial charge on any atom is -0.353 e. The first-order chi connectivity index (χ1) is 53.0. The van der Waals surface area contributed by atoms with Crippen molar-refractivity contribution < 1.29 is 0 Å². The Hall–Kier alpha value is -13.9. The first-order valence-electron chi connectivity index (χ1n) is 35.6. The number of aromatic amines is 1. The van der Waals surface area contributed by atoms with Gasteiger partial charge in [-0.25, -0.2) is 15.0 Å². The highest BCUT2D eigenvalue weighted by Gasteiger charge is 2.25. The van der Waals surface area contributed by atoms with Crippen molar-refractivity contribution in [3.63, 3.8) is 0 Å². The molecule has 10 heteroatoms. The number of aromatic nitrogens is 9. The molecule has 504 valence electrons. The van der Waals surface area contributed by atoms with Gasteiger partial charge in [-0.15, -0.1) is 0 Å². The van der Waals surface area contributed by atoms with Crippen LogP contribution in [0.5, 0.6) is 0 Å². The van der Waals surface area contributed by atoms with Gasteiger partial charge < -0.3 is 9.55 Å². The van der Waals surface area contributed by atoms with E-state index in [2.05, 4.69) is 329 Å². The van der Waals surface area contributed by atoms with Crippen molar-refractivity contribution in [1.29, 1.82) is 0 Å². The monoisotopic (exact) mass is 1430 g/mol. The Morgan fingerprint density at radius 1 is 0.243 bits per heavy atom. The van der Waals surface area contributed by atoms with Gasteiger partial charge in [-0.2, -0.15) is 0 Å². The number of nitrogens with one attached hydrogen (secondary N) is 1. The summed E-state index contributed by atoms with van der Waals surface area (Å²) in [7, 11) is 0. The average Bonchev–Trinajstić information content (AvgIpc) is 1.56. The second-order valence-corrected chi connectivity index (χ2v) is 26.9. The largest absolute Gasteiger partial charge is 0.353 e. The summed E-state index contributed by atoms with van der Waals surface area (Å²) < 4.78 is 3.33. The fourth-order valence-corrected chi connectivity index (χ4v) is 15.3. The summed E-state index contributed by atoms with van der Waals surface area (Å²) in [6, 6.07) is 117. The highest BCUT2D eigenvalue weighted by molar-refractivity contribution is 9.10. The van der Waals surface area contributed by atoms with Crippen molar-refractivity contribution in [1.82, 2.24) is 44.4 Å². The average molecular weight is 1440 g/mol. The maximum absolute atomic E-state index is 5.13. The van der Waals surface area contributed by atoms with Gasteiger partial charge in [-0.05, 0) is 179 Å². The summed E-state index contributed by atoms with van der Waals surface area (Å²) in [6.07, 6.45) is 14.5. The van der Waals surface area contributed by atoms with E-state index in [-0.39, 0.29) is 0 Å². The van der Waals surface area contributed by atoms with Gasteiger partial charge in [0.15, 0.2) is 0 Å². The molecule has 20 aromatic rings. The number of hydrogen-bond donors (Lipinski definition) is 1.